The van der Waals surface area contributed by atoms with Gasteiger partial charge in [-0.3, -0.25) is 14.0 Å². The third-order valence-electron chi connectivity index (χ3n) is 8.77. The number of nitrogens with two attached hydrogens (primary N) is 1. The predicted octanol–water partition coefficient (Wildman–Crippen LogP) is 4.18. The van der Waals surface area contributed by atoms with Crippen LogP contribution in [0.2, 0.25) is 0 Å². The maximum absolute atomic E-state index is 13.4. The summed E-state index contributed by atoms with van der Waals surface area (Å²) in [6.45, 7) is 7.72. The Bertz CT molecular complexity index is 1650. The van der Waals surface area contributed by atoms with Crippen LogP contribution in [-0.2, 0) is 11.3 Å². The third-order valence-corrected chi connectivity index (χ3v) is 8.77. The van der Waals surface area contributed by atoms with Gasteiger partial charge in [-0.1, -0.05) is 0 Å². The summed E-state index contributed by atoms with van der Waals surface area (Å²) in [5, 5.41) is 1.03. The van der Waals surface area contributed by atoms with E-state index >= 15 is 0 Å². The number of nitrogens with zero attached hydrogens (tertiary/aromatic N) is 6. The summed E-state index contributed by atoms with van der Waals surface area (Å²) in [7, 11) is 3.42. The Morgan fingerprint density at radius 1 is 1.17 bits per heavy atom. The van der Waals surface area contributed by atoms with Crippen LogP contribution in [0.4, 0.5) is 0 Å². The molecule has 0 bridgehead atoms. The highest BCUT2D eigenvalue weighted by molar-refractivity contribution is 5.96. The van der Waals surface area contributed by atoms with Crippen molar-refractivity contribution in [1.29, 1.82) is 0 Å². The average molecular weight is 558 g/mol. The van der Waals surface area contributed by atoms with Gasteiger partial charge in [0.05, 0.1) is 30.2 Å². The van der Waals surface area contributed by atoms with E-state index in [1.807, 2.05) is 35.3 Å². The summed E-state index contributed by atoms with van der Waals surface area (Å²) in [5.74, 6) is 1.13. The predicted molar refractivity (Wildman–Crippen MR) is 158 cm³/mol. The Kier molecular flexibility index (Phi) is 6.97. The number of aryl methyl sites for hydroxylation is 1. The Morgan fingerprint density at radius 2 is 1.95 bits per heavy atom. The molecule has 0 spiro atoms. The molecule has 0 aromatic carbocycles. The van der Waals surface area contributed by atoms with E-state index in [0.717, 1.165) is 53.2 Å². The van der Waals surface area contributed by atoms with Crippen molar-refractivity contribution in [3.63, 3.8) is 0 Å². The maximum Gasteiger partial charge on any atom is 0.254 e. The van der Waals surface area contributed by atoms with Crippen molar-refractivity contribution in [2.75, 3.05) is 27.2 Å². The van der Waals surface area contributed by atoms with E-state index < -0.39 is 0 Å². The number of carbonyl (C=O) groups excluding carboxylic acids is 2. The number of hydrogen-bond donors (Lipinski definition) is 1. The average Bonchev–Trinajstić information content (AvgIpc) is 3.64. The Balaban J connectivity index is 1.46. The van der Waals surface area contributed by atoms with Crippen LogP contribution in [0.1, 0.15) is 67.3 Å². The molecule has 10 heteroatoms. The number of piperidine rings is 1. The molecule has 2 N–H and O–H groups in total. The zero-order chi connectivity index (χ0) is 29.0. The van der Waals surface area contributed by atoms with E-state index in [1.54, 1.807) is 32.0 Å². The number of rotatable bonds is 7. The lowest BCUT2D eigenvalue weighted by molar-refractivity contribution is -0.129. The molecular formula is C31H39N7O3. The number of pyridine rings is 2. The molecule has 1 saturated heterocycles. The van der Waals surface area contributed by atoms with Crippen molar-refractivity contribution in [2.45, 2.75) is 65.1 Å². The quantitative estimate of drug-likeness (QED) is 0.365. The molecule has 5 heterocycles. The van der Waals surface area contributed by atoms with Crippen LogP contribution in [-0.4, -0.2) is 73.8 Å². The number of fused-ring (bicyclic) bond motifs is 2. The third kappa shape index (κ3) is 4.94. The molecule has 1 aliphatic carbocycles. The molecule has 216 valence electrons. The molecule has 4 aromatic rings. The van der Waals surface area contributed by atoms with E-state index in [4.69, 9.17) is 20.4 Å². The lowest BCUT2D eigenvalue weighted by Gasteiger charge is -2.30. The van der Waals surface area contributed by atoms with Gasteiger partial charge in [0.15, 0.2) is 5.88 Å². The highest BCUT2D eigenvalue weighted by Crippen LogP contribution is 2.37. The molecule has 6 rings (SSSR count). The van der Waals surface area contributed by atoms with Crippen molar-refractivity contribution >= 4 is 28.5 Å². The Labute approximate surface area is 240 Å². The van der Waals surface area contributed by atoms with Crippen molar-refractivity contribution < 1.29 is 14.3 Å². The van der Waals surface area contributed by atoms with Crippen LogP contribution in [0.3, 0.4) is 0 Å². The summed E-state index contributed by atoms with van der Waals surface area (Å²) in [6, 6.07) is 9.75. The zero-order valence-corrected chi connectivity index (χ0v) is 24.6. The first kappa shape index (κ1) is 27.3. The molecule has 1 saturated carbocycles. The normalized spacial score (nSPS) is 18.2. The number of hydrogen-bond acceptors (Lipinski definition) is 6. The van der Waals surface area contributed by atoms with Gasteiger partial charge in [-0.2, -0.15) is 0 Å². The number of amides is 2. The molecule has 0 radical (unpaired) electrons. The summed E-state index contributed by atoms with van der Waals surface area (Å²) in [5.41, 5.74) is 11.9. The summed E-state index contributed by atoms with van der Waals surface area (Å²) >= 11 is 0. The minimum absolute atomic E-state index is 0.00343. The van der Waals surface area contributed by atoms with Crippen LogP contribution in [0, 0.1) is 12.8 Å². The number of imidazole rings is 1. The van der Waals surface area contributed by atoms with Crippen molar-refractivity contribution in [1.82, 2.24) is 28.7 Å². The van der Waals surface area contributed by atoms with Gasteiger partial charge in [0.1, 0.15) is 17.0 Å². The molecular weight excluding hydrogens is 518 g/mol. The van der Waals surface area contributed by atoms with Gasteiger partial charge in [0.25, 0.3) is 5.91 Å². The molecule has 4 aromatic heterocycles. The molecule has 10 nitrogen and oxygen atoms in total. The van der Waals surface area contributed by atoms with Gasteiger partial charge in [0, 0.05) is 56.7 Å². The highest BCUT2D eigenvalue weighted by Gasteiger charge is 2.28. The summed E-state index contributed by atoms with van der Waals surface area (Å²) in [6.07, 6.45) is 4.24. The first-order valence-electron chi connectivity index (χ1n) is 14.5. The summed E-state index contributed by atoms with van der Waals surface area (Å²) in [4.78, 5) is 39.1. The van der Waals surface area contributed by atoms with Gasteiger partial charge in [-0.05, 0) is 69.7 Å². The fourth-order valence-electron chi connectivity index (χ4n) is 5.96. The SMILES string of the molecule is COc1cc(C(=O)N2CCC[C@@H](N)C2)cc2nc(-c3cc4ccc([C@@H](C)N(C)C(C)=O)nc4n3CC3CC3)c(C)n12. The molecule has 0 unspecified atom stereocenters. The highest BCUT2D eigenvalue weighted by atomic mass is 16.5. The number of methoxy groups -OCH3 is 1. The molecule has 2 aliphatic rings. The molecule has 2 atom stereocenters. The minimum Gasteiger partial charge on any atom is -0.482 e. The van der Waals surface area contributed by atoms with E-state index in [-0.39, 0.29) is 23.9 Å². The monoisotopic (exact) mass is 557 g/mol. The Hall–Kier alpha value is -3.92. The molecule has 2 fully saturated rings. The largest absolute Gasteiger partial charge is 0.482 e. The molecule has 2 amide bonds. The fraction of sp³-hybridized carbons (Fsp3) is 0.484. The summed E-state index contributed by atoms with van der Waals surface area (Å²) < 4.78 is 10.0. The molecule has 41 heavy (non-hydrogen) atoms. The van der Waals surface area contributed by atoms with Gasteiger partial charge in [-0.15, -0.1) is 0 Å². The topological polar surface area (TPSA) is 111 Å². The smallest absolute Gasteiger partial charge is 0.254 e. The lowest BCUT2D eigenvalue weighted by Crippen LogP contribution is -2.45. The van der Waals surface area contributed by atoms with Gasteiger partial charge in [0.2, 0.25) is 5.91 Å². The van der Waals surface area contributed by atoms with Crippen molar-refractivity contribution in [2.24, 2.45) is 11.7 Å². The second kappa shape index (κ2) is 10.5. The number of carbonyl (C=O) groups is 2. The minimum atomic E-state index is -0.142. The fourth-order valence-corrected chi connectivity index (χ4v) is 5.96. The first-order valence-corrected chi connectivity index (χ1v) is 14.5. The maximum atomic E-state index is 13.4. The van der Waals surface area contributed by atoms with Crippen molar-refractivity contribution in [3.8, 4) is 17.3 Å². The van der Waals surface area contributed by atoms with Crippen LogP contribution >= 0.6 is 0 Å². The van der Waals surface area contributed by atoms with Gasteiger partial charge < -0.3 is 24.8 Å². The van der Waals surface area contributed by atoms with Gasteiger partial charge >= 0.3 is 0 Å². The van der Waals surface area contributed by atoms with E-state index in [2.05, 4.69) is 16.7 Å². The Morgan fingerprint density at radius 3 is 2.63 bits per heavy atom. The zero-order valence-electron chi connectivity index (χ0n) is 24.6. The lowest BCUT2D eigenvalue weighted by atomic mass is 10.1. The van der Waals surface area contributed by atoms with Crippen LogP contribution in [0.5, 0.6) is 5.88 Å². The van der Waals surface area contributed by atoms with Crippen LogP contribution in [0.25, 0.3) is 28.1 Å². The van der Waals surface area contributed by atoms with Crippen molar-refractivity contribution in [3.05, 3.63) is 47.3 Å². The number of aromatic nitrogens is 4. The number of ether oxygens (including phenoxy) is 1. The standard InChI is InChI=1S/C31H39N7O3/c1-18(35(4)20(3)39)25-11-10-22-13-26(37(30(22)33-25)16-21-8-9-21)29-19(2)38-27(34-29)14-23(15-28(38)41-5)31(40)36-12-6-7-24(32)17-36/h10-11,13-15,18,21,24H,6-9,12,16-17,32H2,1-5H3/t18-,24-/m1/s1. The van der Waals surface area contributed by atoms with E-state index in [1.165, 1.54) is 12.8 Å². The van der Waals surface area contributed by atoms with Gasteiger partial charge in [-0.25, -0.2) is 9.97 Å². The van der Waals surface area contributed by atoms with Crippen LogP contribution in [0.15, 0.2) is 30.3 Å². The second-order valence-corrected chi connectivity index (χ2v) is 11.7. The van der Waals surface area contributed by atoms with Crippen LogP contribution < -0.4 is 10.5 Å². The van der Waals surface area contributed by atoms with E-state index in [0.29, 0.717) is 36.1 Å². The van der Waals surface area contributed by atoms with E-state index in [9.17, 15) is 9.59 Å². The first-order chi connectivity index (χ1) is 19.7. The molecule has 1 aliphatic heterocycles. The number of likely N-dealkylation sites (tertiary alicyclic amines) is 1. The second-order valence-electron chi connectivity index (χ2n) is 11.7.